The van der Waals surface area contributed by atoms with Gasteiger partial charge in [-0.3, -0.25) is 0 Å². The minimum Gasteiger partial charge on any atom is -0.462 e. The molecule has 0 bridgehead atoms. The molecule has 2 rings (SSSR count). The van der Waals surface area contributed by atoms with Gasteiger partial charge in [0.2, 0.25) is 0 Å². The molecule has 0 unspecified atom stereocenters. The van der Waals surface area contributed by atoms with Crippen LogP contribution in [0.15, 0.2) is 36.7 Å². The maximum atomic E-state index is 11.8. The highest BCUT2D eigenvalue weighted by atomic mass is 35.5. The normalized spacial score (nSPS) is 10.7. The topological polar surface area (TPSA) is 64.1 Å². The Bertz CT molecular complexity index is 705. The summed E-state index contributed by atoms with van der Waals surface area (Å²) >= 11 is 11.9. The second kappa shape index (κ2) is 7.77. The van der Waals surface area contributed by atoms with Gasteiger partial charge in [0.1, 0.15) is 5.69 Å². The molecule has 0 saturated carbocycles. The van der Waals surface area contributed by atoms with Gasteiger partial charge in [0, 0.05) is 11.2 Å². The molecule has 1 aromatic carbocycles. The van der Waals surface area contributed by atoms with Crippen LogP contribution in [0.4, 0.5) is 5.69 Å². The first-order valence-corrected chi connectivity index (χ1v) is 7.24. The Morgan fingerprint density at radius 1 is 1.36 bits per heavy atom. The number of hydrogen-bond donors (Lipinski definition) is 1. The lowest BCUT2D eigenvalue weighted by Crippen LogP contribution is -2.08. The molecular formula is C15H13Cl2N3O2. The average molecular weight is 338 g/mol. The second-order valence-electron chi connectivity index (χ2n) is 4.15. The van der Waals surface area contributed by atoms with Crippen molar-refractivity contribution in [2.45, 2.75) is 6.92 Å². The lowest BCUT2D eigenvalue weighted by Gasteiger charge is -2.05. The molecule has 0 amide bonds. The van der Waals surface area contributed by atoms with Crippen molar-refractivity contribution in [2.75, 3.05) is 11.9 Å². The summed E-state index contributed by atoms with van der Waals surface area (Å²) in [5.74, 6) is -0.443. The average Bonchev–Trinajstić information content (AvgIpc) is 2.50. The van der Waals surface area contributed by atoms with E-state index in [1.807, 2.05) is 0 Å². The first kappa shape index (κ1) is 16.3. The van der Waals surface area contributed by atoms with Crippen molar-refractivity contribution in [3.8, 4) is 0 Å². The third-order valence-corrected chi connectivity index (χ3v) is 3.20. The third kappa shape index (κ3) is 4.19. The van der Waals surface area contributed by atoms with Gasteiger partial charge in [-0.15, -0.1) is 0 Å². The van der Waals surface area contributed by atoms with E-state index in [2.05, 4.69) is 15.5 Å². The molecule has 0 fully saturated rings. The van der Waals surface area contributed by atoms with Crippen LogP contribution in [0.3, 0.4) is 0 Å². The fraction of sp³-hybridized carbons (Fsp3) is 0.133. The molecule has 22 heavy (non-hydrogen) atoms. The van der Waals surface area contributed by atoms with Gasteiger partial charge in [-0.05, 0) is 37.3 Å². The molecule has 0 spiro atoms. The number of ether oxygens (including phenoxy) is 1. The zero-order valence-electron chi connectivity index (χ0n) is 11.7. The SMILES string of the molecule is CCOC(=O)c1ccnnc1C=CNc1ccc(Cl)cc1Cl. The number of rotatable bonds is 5. The van der Waals surface area contributed by atoms with Gasteiger partial charge in [0.15, 0.2) is 0 Å². The van der Waals surface area contributed by atoms with Crippen molar-refractivity contribution in [2.24, 2.45) is 0 Å². The van der Waals surface area contributed by atoms with Gasteiger partial charge < -0.3 is 10.1 Å². The molecule has 0 saturated heterocycles. The molecule has 114 valence electrons. The van der Waals surface area contributed by atoms with Crippen molar-refractivity contribution >= 4 is 40.9 Å². The quantitative estimate of drug-likeness (QED) is 0.834. The Labute approximate surface area is 137 Å². The standard InChI is InChI=1S/C15H13Cl2N3O2/c1-2-22-15(21)11-5-8-19-20-13(11)6-7-18-14-4-3-10(16)9-12(14)17/h3-9,18H,2H2,1H3. The number of hydrogen-bond acceptors (Lipinski definition) is 5. The highest BCUT2D eigenvalue weighted by Crippen LogP contribution is 2.25. The van der Waals surface area contributed by atoms with Crippen molar-refractivity contribution < 1.29 is 9.53 Å². The van der Waals surface area contributed by atoms with E-state index in [4.69, 9.17) is 27.9 Å². The Kier molecular flexibility index (Phi) is 5.75. The van der Waals surface area contributed by atoms with E-state index in [0.29, 0.717) is 33.6 Å². The highest BCUT2D eigenvalue weighted by molar-refractivity contribution is 6.36. The lowest BCUT2D eigenvalue weighted by atomic mass is 10.2. The predicted molar refractivity (Wildman–Crippen MR) is 87.1 cm³/mol. The summed E-state index contributed by atoms with van der Waals surface area (Å²) in [5.41, 5.74) is 1.43. The van der Waals surface area contributed by atoms with E-state index in [9.17, 15) is 4.79 Å². The second-order valence-corrected chi connectivity index (χ2v) is 5.00. The van der Waals surface area contributed by atoms with E-state index >= 15 is 0 Å². The van der Waals surface area contributed by atoms with Gasteiger partial charge >= 0.3 is 5.97 Å². The van der Waals surface area contributed by atoms with Crippen LogP contribution in [0.2, 0.25) is 10.0 Å². The van der Waals surface area contributed by atoms with Crippen molar-refractivity contribution in [3.63, 3.8) is 0 Å². The van der Waals surface area contributed by atoms with Crippen LogP contribution in [0, 0.1) is 0 Å². The summed E-state index contributed by atoms with van der Waals surface area (Å²) in [6, 6.07) is 6.65. The van der Waals surface area contributed by atoms with Gasteiger partial charge in [0.05, 0.1) is 29.1 Å². The molecule has 0 aliphatic heterocycles. The number of aromatic nitrogens is 2. The first-order chi connectivity index (χ1) is 10.6. The van der Waals surface area contributed by atoms with Crippen LogP contribution in [-0.4, -0.2) is 22.8 Å². The fourth-order valence-corrected chi connectivity index (χ4v) is 2.13. The number of anilines is 1. The minimum atomic E-state index is -0.443. The first-order valence-electron chi connectivity index (χ1n) is 6.48. The van der Waals surface area contributed by atoms with Crippen LogP contribution >= 0.6 is 23.2 Å². The number of benzene rings is 1. The monoisotopic (exact) mass is 337 g/mol. The van der Waals surface area contributed by atoms with Gasteiger partial charge in [-0.2, -0.15) is 10.2 Å². The molecule has 7 heteroatoms. The summed E-state index contributed by atoms with van der Waals surface area (Å²) in [6.07, 6.45) is 4.67. The van der Waals surface area contributed by atoms with Crippen LogP contribution < -0.4 is 5.32 Å². The third-order valence-electron chi connectivity index (χ3n) is 2.66. The number of nitrogens with zero attached hydrogens (tertiary/aromatic N) is 2. The zero-order chi connectivity index (χ0) is 15.9. The van der Waals surface area contributed by atoms with E-state index in [1.54, 1.807) is 43.5 Å². The molecule has 1 aromatic heterocycles. The number of carbonyl (C=O) groups is 1. The maximum Gasteiger partial charge on any atom is 0.340 e. The smallest absolute Gasteiger partial charge is 0.340 e. The number of nitrogens with one attached hydrogen (secondary N) is 1. The van der Waals surface area contributed by atoms with Crippen LogP contribution in [0.5, 0.6) is 0 Å². The lowest BCUT2D eigenvalue weighted by molar-refractivity contribution is 0.0525. The zero-order valence-corrected chi connectivity index (χ0v) is 13.2. The summed E-state index contributed by atoms with van der Waals surface area (Å²) in [7, 11) is 0. The Morgan fingerprint density at radius 2 is 2.18 bits per heavy atom. The summed E-state index contributed by atoms with van der Waals surface area (Å²) in [4.78, 5) is 11.8. The summed E-state index contributed by atoms with van der Waals surface area (Å²) in [5, 5.41) is 11.7. The molecule has 1 N–H and O–H groups in total. The largest absolute Gasteiger partial charge is 0.462 e. The van der Waals surface area contributed by atoms with Gasteiger partial charge in [0.25, 0.3) is 0 Å². The summed E-state index contributed by atoms with van der Waals surface area (Å²) < 4.78 is 4.97. The summed E-state index contributed by atoms with van der Waals surface area (Å²) in [6.45, 7) is 2.04. The molecule has 1 heterocycles. The molecular weight excluding hydrogens is 325 g/mol. The Morgan fingerprint density at radius 3 is 2.91 bits per heavy atom. The van der Waals surface area contributed by atoms with Crippen molar-refractivity contribution in [3.05, 3.63) is 58.0 Å². The van der Waals surface area contributed by atoms with Crippen LogP contribution in [-0.2, 0) is 4.74 Å². The van der Waals surface area contributed by atoms with Gasteiger partial charge in [-0.1, -0.05) is 23.2 Å². The van der Waals surface area contributed by atoms with E-state index < -0.39 is 5.97 Å². The van der Waals surface area contributed by atoms with Crippen LogP contribution in [0.25, 0.3) is 6.08 Å². The number of esters is 1. The highest BCUT2D eigenvalue weighted by Gasteiger charge is 2.11. The fourth-order valence-electron chi connectivity index (χ4n) is 1.66. The maximum absolute atomic E-state index is 11.8. The molecule has 0 aliphatic carbocycles. The Hall–Kier alpha value is -2.11. The van der Waals surface area contributed by atoms with E-state index in [-0.39, 0.29) is 0 Å². The molecule has 5 nitrogen and oxygen atoms in total. The van der Waals surface area contributed by atoms with Gasteiger partial charge in [-0.25, -0.2) is 4.79 Å². The molecule has 0 atom stereocenters. The Balaban J connectivity index is 2.15. The van der Waals surface area contributed by atoms with E-state index in [0.717, 1.165) is 0 Å². The number of carbonyl (C=O) groups excluding carboxylic acids is 1. The van der Waals surface area contributed by atoms with Crippen molar-refractivity contribution in [1.29, 1.82) is 0 Å². The predicted octanol–water partition coefficient (Wildman–Crippen LogP) is 4.04. The molecule has 0 aliphatic rings. The molecule has 2 aromatic rings. The number of halogens is 2. The van der Waals surface area contributed by atoms with Crippen LogP contribution in [0.1, 0.15) is 23.0 Å². The van der Waals surface area contributed by atoms with E-state index in [1.165, 1.54) is 6.20 Å². The van der Waals surface area contributed by atoms with Crippen molar-refractivity contribution in [1.82, 2.24) is 10.2 Å². The molecule has 0 radical (unpaired) electrons. The minimum absolute atomic E-state index is 0.295.